The summed E-state index contributed by atoms with van der Waals surface area (Å²) in [5.41, 5.74) is 7.73. The molecule has 0 saturated carbocycles. The second kappa shape index (κ2) is 3.00. The van der Waals surface area contributed by atoms with Crippen molar-refractivity contribution in [1.82, 2.24) is 4.98 Å². The fourth-order valence-electron chi connectivity index (χ4n) is 1.40. The molecule has 2 rings (SSSR count). The van der Waals surface area contributed by atoms with Crippen LogP contribution in [0.25, 0.3) is 10.9 Å². The molecule has 0 spiro atoms. The third-order valence-electron chi connectivity index (χ3n) is 2.09. The standard InChI is InChI=1S/C10H12N2S/c1-6(2)10-9-7(5-13-10)8(11)3-4-12-9/h3-6H,11H2,1-2H3. The number of nitrogen functional groups attached to an aromatic ring is 1. The Bertz CT molecular complexity index is 431. The first-order valence-electron chi connectivity index (χ1n) is 4.31. The average Bonchev–Trinajstić information content (AvgIpc) is 2.48. The van der Waals surface area contributed by atoms with E-state index in [9.17, 15) is 0 Å². The largest absolute Gasteiger partial charge is 0.398 e. The monoisotopic (exact) mass is 192 g/mol. The third kappa shape index (κ3) is 1.29. The molecular formula is C10H12N2S. The lowest BCUT2D eigenvalue weighted by atomic mass is 10.1. The number of aromatic nitrogens is 1. The van der Waals surface area contributed by atoms with Crippen LogP contribution in [-0.2, 0) is 0 Å². The Labute approximate surface area is 81.4 Å². The van der Waals surface area contributed by atoms with E-state index in [2.05, 4.69) is 24.2 Å². The summed E-state index contributed by atoms with van der Waals surface area (Å²) in [6, 6.07) is 1.85. The summed E-state index contributed by atoms with van der Waals surface area (Å²) < 4.78 is 0. The van der Waals surface area contributed by atoms with Crippen LogP contribution >= 0.6 is 11.3 Å². The van der Waals surface area contributed by atoms with Gasteiger partial charge in [0.1, 0.15) is 0 Å². The van der Waals surface area contributed by atoms with Crippen LogP contribution in [0.4, 0.5) is 5.69 Å². The van der Waals surface area contributed by atoms with Crippen molar-refractivity contribution in [3.05, 3.63) is 22.5 Å². The van der Waals surface area contributed by atoms with Gasteiger partial charge in [-0.15, -0.1) is 11.3 Å². The zero-order valence-corrected chi connectivity index (χ0v) is 8.56. The Kier molecular flexibility index (Phi) is 1.96. The summed E-state index contributed by atoms with van der Waals surface area (Å²) in [5.74, 6) is 0.525. The molecule has 3 heteroatoms. The van der Waals surface area contributed by atoms with Crippen LogP contribution < -0.4 is 5.73 Å². The molecule has 0 amide bonds. The average molecular weight is 192 g/mol. The van der Waals surface area contributed by atoms with Gasteiger partial charge in [-0.2, -0.15) is 0 Å². The van der Waals surface area contributed by atoms with Gasteiger partial charge in [0.25, 0.3) is 0 Å². The first kappa shape index (κ1) is 8.51. The lowest BCUT2D eigenvalue weighted by Crippen LogP contribution is -1.88. The predicted octanol–water partition coefficient (Wildman–Crippen LogP) is 3.00. The minimum absolute atomic E-state index is 0.525. The number of rotatable bonds is 1. The molecule has 0 atom stereocenters. The van der Waals surface area contributed by atoms with Gasteiger partial charge in [-0.25, -0.2) is 0 Å². The van der Waals surface area contributed by atoms with Gasteiger partial charge in [0.2, 0.25) is 0 Å². The number of anilines is 1. The molecule has 0 saturated heterocycles. The highest BCUT2D eigenvalue weighted by Crippen LogP contribution is 2.32. The molecule has 0 bridgehead atoms. The summed E-state index contributed by atoms with van der Waals surface area (Å²) in [7, 11) is 0. The lowest BCUT2D eigenvalue weighted by Gasteiger charge is -2.01. The molecule has 0 radical (unpaired) electrons. The molecule has 2 N–H and O–H groups in total. The van der Waals surface area contributed by atoms with E-state index in [1.807, 2.05) is 6.07 Å². The van der Waals surface area contributed by atoms with E-state index in [4.69, 9.17) is 5.73 Å². The van der Waals surface area contributed by atoms with E-state index in [1.54, 1.807) is 17.5 Å². The maximum atomic E-state index is 5.84. The molecule has 0 aliphatic rings. The molecule has 0 aromatic carbocycles. The van der Waals surface area contributed by atoms with E-state index < -0.39 is 0 Å². The van der Waals surface area contributed by atoms with Gasteiger partial charge in [-0.1, -0.05) is 13.8 Å². The van der Waals surface area contributed by atoms with Crippen molar-refractivity contribution in [2.24, 2.45) is 0 Å². The molecule has 2 aromatic rings. The predicted molar refractivity (Wildman–Crippen MR) is 58.1 cm³/mol. The number of fused-ring (bicyclic) bond motifs is 1. The Hall–Kier alpha value is -1.09. The summed E-state index contributed by atoms with van der Waals surface area (Å²) in [6.45, 7) is 4.35. The van der Waals surface area contributed by atoms with Crippen LogP contribution in [0.5, 0.6) is 0 Å². The summed E-state index contributed by atoms with van der Waals surface area (Å²) >= 11 is 1.74. The Balaban J connectivity index is 2.75. The van der Waals surface area contributed by atoms with Gasteiger partial charge < -0.3 is 5.73 Å². The van der Waals surface area contributed by atoms with Gasteiger partial charge in [0.05, 0.1) is 5.52 Å². The van der Waals surface area contributed by atoms with Crippen LogP contribution in [0.15, 0.2) is 17.6 Å². The van der Waals surface area contributed by atoms with E-state index in [0.717, 1.165) is 16.6 Å². The molecule has 0 unspecified atom stereocenters. The molecule has 13 heavy (non-hydrogen) atoms. The van der Waals surface area contributed by atoms with E-state index in [0.29, 0.717) is 5.92 Å². The first-order chi connectivity index (χ1) is 6.20. The van der Waals surface area contributed by atoms with Crippen molar-refractivity contribution in [2.75, 3.05) is 5.73 Å². The number of pyridine rings is 1. The maximum Gasteiger partial charge on any atom is 0.0864 e. The van der Waals surface area contributed by atoms with E-state index in [1.165, 1.54) is 4.88 Å². The molecule has 0 aliphatic carbocycles. The van der Waals surface area contributed by atoms with E-state index >= 15 is 0 Å². The molecule has 68 valence electrons. The fraction of sp³-hybridized carbons (Fsp3) is 0.300. The highest BCUT2D eigenvalue weighted by Gasteiger charge is 2.09. The lowest BCUT2D eigenvalue weighted by molar-refractivity contribution is 0.894. The number of nitrogens with zero attached hydrogens (tertiary/aromatic N) is 1. The minimum atomic E-state index is 0.525. The van der Waals surface area contributed by atoms with Crippen LogP contribution in [0, 0.1) is 0 Å². The second-order valence-electron chi connectivity index (χ2n) is 3.42. The van der Waals surface area contributed by atoms with Crippen molar-refractivity contribution in [3.8, 4) is 0 Å². The van der Waals surface area contributed by atoms with Gasteiger partial charge in [0.15, 0.2) is 0 Å². The van der Waals surface area contributed by atoms with Crippen LogP contribution in [0.1, 0.15) is 24.6 Å². The molecule has 2 nitrogen and oxygen atoms in total. The van der Waals surface area contributed by atoms with Gasteiger partial charge >= 0.3 is 0 Å². The fourth-order valence-corrected chi connectivity index (χ4v) is 2.44. The molecular weight excluding hydrogens is 180 g/mol. The van der Waals surface area contributed by atoms with Crippen molar-refractivity contribution < 1.29 is 0 Å². The Morgan fingerprint density at radius 2 is 2.23 bits per heavy atom. The highest BCUT2D eigenvalue weighted by molar-refractivity contribution is 7.11. The molecule has 2 heterocycles. The maximum absolute atomic E-state index is 5.84. The molecule has 0 fully saturated rings. The van der Waals surface area contributed by atoms with E-state index in [-0.39, 0.29) is 0 Å². The van der Waals surface area contributed by atoms with Crippen LogP contribution in [0.2, 0.25) is 0 Å². The first-order valence-corrected chi connectivity index (χ1v) is 5.19. The Morgan fingerprint density at radius 1 is 1.46 bits per heavy atom. The number of nitrogens with two attached hydrogens (primary N) is 1. The normalized spacial score (nSPS) is 11.3. The van der Waals surface area contributed by atoms with Crippen molar-refractivity contribution in [1.29, 1.82) is 0 Å². The van der Waals surface area contributed by atoms with Gasteiger partial charge in [0, 0.05) is 27.5 Å². The van der Waals surface area contributed by atoms with Crippen LogP contribution in [-0.4, -0.2) is 4.98 Å². The third-order valence-corrected chi connectivity index (χ3v) is 3.36. The van der Waals surface area contributed by atoms with Crippen molar-refractivity contribution in [2.45, 2.75) is 19.8 Å². The zero-order chi connectivity index (χ0) is 9.42. The summed E-state index contributed by atoms with van der Waals surface area (Å²) in [5, 5.41) is 3.18. The zero-order valence-electron chi connectivity index (χ0n) is 7.74. The Morgan fingerprint density at radius 3 is 2.92 bits per heavy atom. The smallest absolute Gasteiger partial charge is 0.0864 e. The van der Waals surface area contributed by atoms with Gasteiger partial charge in [-0.05, 0) is 12.0 Å². The highest BCUT2D eigenvalue weighted by atomic mass is 32.1. The van der Waals surface area contributed by atoms with Gasteiger partial charge in [-0.3, -0.25) is 4.98 Å². The SMILES string of the molecule is CC(C)c1scc2c(N)ccnc12. The topological polar surface area (TPSA) is 38.9 Å². The molecule has 2 aromatic heterocycles. The quantitative estimate of drug-likeness (QED) is 0.754. The number of thiophene rings is 1. The number of hydrogen-bond acceptors (Lipinski definition) is 3. The molecule has 0 aliphatic heterocycles. The summed E-state index contributed by atoms with van der Waals surface area (Å²) in [4.78, 5) is 5.68. The van der Waals surface area contributed by atoms with Crippen molar-refractivity contribution >= 4 is 27.9 Å². The van der Waals surface area contributed by atoms with Crippen molar-refractivity contribution in [3.63, 3.8) is 0 Å². The minimum Gasteiger partial charge on any atom is -0.398 e. The summed E-state index contributed by atoms with van der Waals surface area (Å²) in [6.07, 6.45) is 1.77. The number of hydrogen-bond donors (Lipinski definition) is 1. The second-order valence-corrected chi connectivity index (χ2v) is 4.33. The van der Waals surface area contributed by atoms with Crippen LogP contribution in [0.3, 0.4) is 0 Å².